The average Bonchev–Trinajstić information content (AvgIpc) is 2.72. The maximum atomic E-state index is 12.6. The molecule has 2 aliphatic rings. The standard InChI is InChI=1S/C23H26N4O2/c1-26-22(25-21-15-24-12-9-20(21)23(26)28)16-5-7-18(8-6-16)29-19-10-13-27(14-11-19)17-3-2-4-17/h5-9,12,15,17,19H,2-4,10-11,13-14H2,1H3. The quantitative estimate of drug-likeness (QED) is 0.683. The highest BCUT2D eigenvalue weighted by molar-refractivity contribution is 5.78. The van der Waals surface area contributed by atoms with Crippen molar-refractivity contribution < 1.29 is 4.74 Å². The summed E-state index contributed by atoms with van der Waals surface area (Å²) in [6.45, 7) is 2.29. The van der Waals surface area contributed by atoms with E-state index in [4.69, 9.17) is 4.74 Å². The van der Waals surface area contributed by atoms with E-state index in [0.717, 1.165) is 43.3 Å². The number of hydrogen-bond acceptors (Lipinski definition) is 5. The zero-order chi connectivity index (χ0) is 19.8. The van der Waals surface area contributed by atoms with Gasteiger partial charge in [0.2, 0.25) is 0 Å². The number of fused-ring (bicyclic) bond motifs is 1. The molecule has 6 heteroatoms. The second-order valence-electron chi connectivity index (χ2n) is 8.15. The van der Waals surface area contributed by atoms with Gasteiger partial charge in [0.1, 0.15) is 17.7 Å². The summed E-state index contributed by atoms with van der Waals surface area (Å²) < 4.78 is 7.82. The second kappa shape index (κ2) is 7.59. The third kappa shape index (κ3) is 3.53. The Morgan fingerprint density at radius 2 is 1.79 bits per heavy atom. The largest absolute Gasteiger partial charge is 0.490 e. The van der Waals surface area contributed by atoms with Gasteiger partial charge in [0, 0.05) is 37.9 Å². The van der Waals surface area contributed by atoms with E-state index in [0.29, 0.717) is 16.7 Å². The molecule has 0 spiro atoms. The van der Waals surface area contributed by atoms with Gasteiger partial charge in [-0.25, -0.2) is 4.98 Å². The van der Waals surface area contributed by atoms with Gasteiger partial charge >= 0.3 is 0 Å². The Hall–Kier alpha value is -2.73. The lowest BCUT2D eigenvalue weighted by atomic mass is 9.90. The summed E-state index contributed by atoms with van der Waals surface area (Å²) in [5.41, 5.74) is 1.44. The number of rotatable bonds is 4. The fourth-order valence-corrected chi connectivity index (χ4v) is 4.37. The molecule has 2 aromatic heterocycles. The van der Waals surface area contributed by atoms with Crippen molar-refractivity contribution in [2.45, 2.75) is 44.2 Å². The highest BCUT2D eigenvalue weighted by Crippen LogP contribution is 2.29. The summed E-state index contributed by atoms with van der Waals surface area (Å²) in [6, 6.07) is 10.4. The van der Waals surface area contributed by atoms with Crippen LogP contribution in [-0.2, 0) is 7.05 Å². The topological polar surface area (TPSA) is 60.2 Å². The van der Waals surface area contributed by atoms with Crippen molar-refractivity contribution in [3.63, 3.8) is 0 Å². The molecule has 5 rings (SSSR count). The molecule has 150 valence electrons. The van der Waals surface area contributed by atoms with Crippen LogP contribution in [0.4, 0.5) is 0 Å². The molecule has 2 fully saturated rings. The zero-order valence-electron chi connectivity index (χ0n) is 16.8. The highest BCUT2D eigenvalue weighted by Gasteiger charge is 2.29. The van der Waals surface area contributed by atoms with Crippen molar-refractivity contribution in [2.24, 2.45) is 7.05 Å². The summed E-state index contributed by atoms with van der Waals surface area (Å²) in [7, 11) is 1.75. The molecule has 1 aliphatic carbocycles. The van der Waals surface area contributed by atoms with Crippen LogP contribution in [0.1, 0.15) is 32.1 Å². The number of piperidine rings is 1. The number of ether oxygens (including phenoxy) is 1. The van der Waals surface area contributed by atoms with Crippen LogP contribution in [0.3, 0.4) is 0 Å². The van der Waals surface area contributed by atoms with E-state index in [1.807, 2.05) is 24.3 Å². The van der Waals surface area contributed by atoms with E-state index < -0.39 is 0 Å². The number of pyridine rings is 1. The number of likely N-dealkylation sites (tertiary alicyclic amines) is 1. The molecule has 6 nitrogen and oxygen atoms in total. The van der Waals surface area contributed by atoms with Crippen LogP contribution in [0.5, 0.6) is 5.75 Å². The molecular formula is C23H26N4O2. The first-order valence-corrected chi connectivity index (χ1v) is 10.5. The van der Waals surface area contributed by atoms with Crippen LogP contribution < -0.4 is 10.3 Å². The van der Waals surface area contributed by atoms with Gasteiger partial charge in [0.25, 0.3) is 5.56 Å². The van der Waals surface area contributed by atoms with Gasteiger partial charge in [-0.3, -0.25) is 14.3 Å². The molecule has 0 bridgehead atoms. The highest BCUT2D eigenvalue weighted by atomic mass is 16.5. The van der Waals surface area contributed by atoms with Gasteiger partial charge in [0.15, 0.2) is 0 Å². The average molecular weight is 390 g/mol. The van der Waals surface area contributed by atoms with E-state index in [9.17, 15) is 4.79 Å². The molecule has 3 heterocycles. The van der Waals surface area contributed by atoms with Crippen LogP contribution in [0.15, 0.2) is 47.5 Å². The van der Waals surface area contributed by atoms with E-state index in [2.05, 4.69) is 14.9 Å². The number of nitrogens with zero attached hydrogens (tertiary/aromatic N) is 4. The van der Waals surface area contributed by atoms with Gasteiger partial charge in [-0.2, -0.15) is 0 Å². The lowest BCUT2D eigenvalue weighted by Crippen LogP contribution is -2.46. The molecule has 29 heavy (non-hydrogen) atoms. The normalized spacial score (nSPS) is 18.7. The van der Waals surface area contributed by atoms with Gasteiger partial charge < -0.3 is 9.64 Å². The van der Waals surface area contributed by atoms with E-state index >= 15 is 0 Å². The van der Waals surface area contributed by atoms with Gasteiger partial charge in [-0.05, 0) is 56.0 Å². The minimum atomic E-state index is -0.0639. The summed E-state index contributed by atoms with van der Waals surface area (Å²) in [5, 5.41) is 0.583. The Morgan fingerprint density at radius 1 is 1.03 bits per heavy atom. The van der Waals surface area contributed by atoms with Crippen molar-refractivity contribution >= 4 is 10.9 Å². The van der Waals surface area contributed by atoms with Gasteiger partial charge in [-0.15, -0.1) is 0 Å². The van der Waals surface area contributed by atoms with Crippen LogP contribution >= 0.6 is 0 Å². The van der Waals surface area contributed by atoms with Gasteiger partial charge in [-0.1, -0.05) is 6.42 Å². The molecule has 0 radical (unpaired) electrons. The molecular weight excluding hydrogens is 364 g/mol. The predicted molar refractivity (Wildman–Crippen MR) is 113 cm³/mol. The molecule has 1 saturated carbocycles. The zero-order valence-corrected chi connectivity index (χ0v) is 16.8. The Morgan fingerprint density at radius 3 is 2.48 bits per heavy atom. The summed E-state index contributed by atoms with van der Waals surface area (Å²) >= 11 is 0. The predicted octanol–water partition coefficient (Wildman–Crippen LogP) is 3.39. The molecule has 0 atom stereocenters. The van der Waals surface area contributed by atoms with E-state index in [1.165, 1.54) is 19.3 Å². The minimum Gasteiger partial charge on any atom is -0.490 e. The van der Waals surface area contributed by atoms with Crippen LogP contribution in [0, 0.1) is 0 Å². The third-order valence-corrected chi connectivity index (χ3v) is 6.36. The lowest BCUT2D eigenvalue weighted by Gasteiger charge is -2.41. The maximum Gasteiger partial charge on any atom is 0.261 e. The SMILES string of the molecule is Cn1c(-c2ccc(OC3CCN(C4CCC4)CC3)cc2)nc2cnccc2c1=O. The Bertz CT molecular complexity index is 1060. The second-order valence-corrected chi connectivity index (χ2v) is 8.15. The number of benzene rings is 1. The minimum absolute atomic E-state index is 0.0639. The van der Waals surface area contributed by atoms with Crippen LogP contribution in [0.2, 0.25) is 0 Å². The lowest BCUT2D eigenvalue weighted by molar-refractivity contribution is 0.0493. The Balaban J connectivity index is 1.30. The van der Waals surface area contributed by atoms with E-state index in [-0.39, 0.29) is 11.7 Å². The van der Waals surface area contributed by atoms with Gasteiger partial charge in [0.05, 0.1) is 17.1 Å². The molecule has 1 aromatic carbocycles. The van der Waals surface area contributed by atoms with Crippen molar-refractivity contribution in [2.75, 3.05) is 13.1 Å². The molecule has 0 unspecified atom stereocenters. The number of hydrogen-bond donors (Lipinski definition) is 0. The summed E-state index contributed by atoms with van der Waals surface area (Å²) in [5.74, 6) is 1.51. The molecule has 0 amide bonds. The van der Waals surface area contributed by atoms with Crippen molar-refractivity contribution in [1.29, 1.82) is 0 Å². The van der Waals surface area contributed by atoms with Crippen molar-refractivity contribution in [3.8, 4) is 17.1 Å². The first-order chi connectivity index (χ1) is 14.2. The smallest absolute Gasteiger partial charge is 0.261 e. The van der Waals surface area contributed by atoms with Crippen molar-refractivity contribution in [1.82, 2.24) is 19.4 Å². The molecule has 0 N–H and O–H groups in total. The molecule has 1 saturated heterocycles. The fourth-order valence-electron chi connectivity index (χ4n) is 4.37. The summed E-state index contributed by atoms with van der Waals surface area (Å²) in [6.07, 6.45) is 9.84. The van der Waals surface area contributed by atoms with E-state index in [1.54, 1.807) is 30.1 Å². The van der Waals surface area contributed by atoms with Crippen LogP contribution in [0.25, 0.3) is 22.3 Å². The first-order valence-electron chi connectivity index (χ1n) is 10.5. The monoisotopic (exact) mass is 390 g/mol. The Kier molecular flexibility index (Phi) is 4.79. The summed E-state index contributed by atoms with van der Waals surface area (Å²) in [4.78, 5) is 24.0. The maximum absolute atomic E-state index is 12.6. The van der Waals surface area contributed by atoms with Crippen molar-refractivity contribution in [3.05, 3.63) is 53.1 Å². The fraction of sp³-hybridized carbons (Fsp3) is 0.435. The number of aromatic nitrogens is 3. The third-order valence-electron chi connectivity index (χ3n) is 6.36. The van der Waals surface area contributed by atoms with Crippen LogP contribution in [-0.4, -0.2) is 44.7 Å². The molecule has 1 aliphatic heterocycles. The first kappa shape index (κ1) is 18.3. The Labute approximate surface area is 170 Å². The molecule has 3 aromatic rings.